The lowest BCUT2D eigenvalue weighted by Crippen LogP contribution is -2.09. The van der Waals surface area contributed by atoms with E-state index in [1.165, 1.54) is 11.3 Å². The van der Waals surface area contributed by atoms with Crippen LogP contribution in [0.4, 0.5) is 5.69 Å². The number of primary amides is 1. The number of anilines is 1. The monoisotopic (exact) mass is 290 g/mol. The van der Waals surface area contributed by atoms with Crippen molar-refractivity contribution in [1.82, 2.24) is 0 Å². The fraction of sp³-hybridized carbons (Fsp3) is 0.143. The molecule has 0 saturated carbocycles. The van der Waals surface area contributed by atoms with E-state index in [1.54, 1.807) is 29.6 Å². The van der Waals surface area contributed by atoms with Crippen LogP contribution < -0.4 is 11.1 Å². The molecule has 0 radical (unpaired) electrons. The zero-order chi connectivity index (χ0) is 14.7. The van der Waals surface area contributed by atoms with Gasteiger partial charge in [0.1, 0.15) is 0 Å². The highest BCUT2D eigenvalue weighted by Crippen LogP contribution is 2.20. The van der Waals surface area contributed by atoms with Gasteiger partial charge in [0.25, 0.3) is 0 Å². The van der Waals surface area contributed by atoms with Crippen molar-refractivity contribution < 1.29 is 14.7 Å². The number of benzene rings is 1. The number of aryl methyl sites for hydroxylation is 1. The average molecular weight is 290 g/mol. The molecule has 0 aliphatic heterocycles. The molecule has 104 valence electrons. The van der Waals surface area contributed by atoms with Crippen LogP contribution in [0.3, 0.4) is 0 Å². The van der Waals surface area contributed by atoms with Gasteiger partial charge >= 0.3 is 5.97 Å². The summed E-state index contributed by atoms with van der Waals surface area (Å²) < 4.78 is 0. The van der Waals surface area contributed by atoms with E-state index in [0.29, 0.717) is 12.1 Å². The Morgan fingerprint density at radius 3 is 2.60 bits per heavy atom. The van der Waals surface area contributed by atoms with Gasteiger partial charge in [-0.05, 0) is 36.8 Å². The Labute approximate surface area is 120 Å². The van der Waals surface area contributed by atoms with Crippen LogP contribution in [0.15, 0.2) is 29.6 Å². The number of carboxylic acids is 1. The summed E-state index contributed by atoms with van der Waals surface area (Å²) in [5.74, 6) is -1.38. The fourth-order valence-corrected chi connectivity index (χ4v) is 2.59. The number of rotatable bonds is 5. The molecule has 0 unspecified atom stereocenters. The highest BCUT2D eigenvalue weighted by atomic mass is 32.1. The summed E-state index contributed by atoms with van der Waals surface area (Å²) in [4.78, 5) is 22.8. The van der Waals surface area contributed by atoms with E-state index in [-0.39, 0.29) is 5.56 Å². The first-order valence-corrected chi connectivity index (χ1v) is 6.80. The van der Waals surface area contributed by atoms with Gasteiger partial charge in [-0.25, -0.2) is 4.79 Å². The van der Waals surface area contributed by atoms with Crippen molar-refractivity contribution in [3.63, 3.8) is 0 Å². The molecule has 20 heavy (non-hydrogen) atoms. The van der Waals surface area contributed by atoms with E-state index in [9.17, 15) is 9.59 Å². The standard InChI is InChI=1S/C14H14N2O3S/c1-8-4-9(14(18)19)2-3-12(8)16-6-11-5-10(7-20-11)13(15)17/h2-5,7,16H,6H2,1H3,(H2,15,17)(H,18,19). The maximum Gasteiger partial charge on any atom is 0.335 e. The lowest BCUT2D eigenvalue weighted by Gasteiger charge is -2.09. The lowest BCUT2D eigenvalue weighted by atomic mass is 10.1. The molecular formula is C14H14N2O3S. The van der Waals surface area contributed by atoms with Crippen molar-refractivity contribution >= 4 is 28.9 Å². The summed E-state index contributed by atoms with van der Waals surface area (Å²) in [5.41, 5.74) is 7.69. The highest BCUT2D eigenvalue weighted by molar-refractivity contribution is 7.10. The molecule has 6 heteroatoms. The number of aromatic carboxylic acids is 1. The zero-order valence-corrected chi connectivity index (χ0v) is 11.7. The van der Waals surface area contributed by atoms with Gasteiger partial charge in [0.05, 0.1) is 11.1 Å². The van der Waals surface area contributed by atoms with Gasteiger partial charge in [0, 0.05) is 22.5 Å². The molecule has 1 amide bonds. The molecule has 0 fully saturated rings. The van der Waals surface area contributed by atoms with E-state index in [0.717, 1.165) is 16.1 Å². The summed E-state index contributed by atoms with van der Waals surface area (Å²) in [6.07, 6.45) is 0. The molecule has 0 aliphatic carbocycles. The first-order chi connectivity index (χ1) is 9.47. The minimum Gasteiger partial charge on any atom is -0.478 e. The molecule has 2 rings (SSSR count). The van der Waals surface area contributed by atoms with Gasteiger partial charge in [-0.3, -0.25) is 4.79 Å². The van der Waals surface area contributed by atoms with E-state index in [4.69, 9.17) is 10.8 Å². The van der Waals surface area contributed by atoms with E-state index in [2.05, 4.69) is 5.32 Å². The van der Waals surface area contributed by atoms with Gasteiger partial charge in [0.2, 0.25) is 5.91 Å². The molecule has 1 aromatic heterocycles. The summed E-state index contributed by atoms with van der Waals surface area (Å²) in [6, 6.07) is 6.66. The number of thiophene rings is 1. The number of carboxylic acid groups (broad SMARTS) is 1. The highest BCUT2D eigenvalue weighted by Gasteiger charge is 2.07. The molecule has 5 nitrogen and oxygen atoms in total. The van der Waals surface area contributed by atoms with Crippen LogP contribution in [0.5, 0.6) is 0 Å². The van der Waals surface area contributed by atoms with Gasteiger partial charge in [-0.15, -0.1) is 11.3 Å². The Morgan fingerprint density at radius 2 is 2.05 bits per heavy atom. The van der Waals surface area contributed by atoms with Crippen LogP contribution in [0.1, 0.15) is 31.2 Å². The molecule has 0 saturated heterocycles. The van der Waals surface area contributed by atoms with Crippen LogP contribution in [0, 0.1) is 6.92 Å². The van der Waals surface area contributed by atoms with Gasteiger partial charge in [0.15, 0.2) is 0 Å². The number of carbonyl (C=O) groups is 2. The van der Waals surface area contributed by atoms with E-state index in [1.807, 2.05) is 6.92 Å². The maximum atomic E-state index is 11.0. The number of carbonyl (C=O) groups excluding carboxylic acids is 1. The summed E-state index contributed by atoms with van der Waals surface area (Å²) in [6.45, 7) is 2.41. The smallest absolute Gasteiger partial charge is 0.335 e. The summed E-state index contributed by atoms with van der Waals surface area (Å²) in [7, 11) is 0. The molecule has 2 aromatic rings. The predicted molar refractivity (Wildman–Crippen MR) is 78.3 cm³/mol. The quantitative estimate of drug-likeness (QED) is 0.788. The van der Waals surface area contributed by atoms with Crippen LogP contribution in [0.2, 0.25) is 0 Å². The van der Waals surface area contributed by atoms with Crippen LogP contribution in [-0.4, -0.2) is 17.0 Å². The minimum atomic E-state index is -0.941. The molecular weight excluding hydrogens is 276 g/mol. The Morgan fingerprint density at radius 1 is 1.30 bits per heavy atom. The molecule has 1 aromatic carbocycles. The molecule has 4 N–H and O–H groups in total. The second kappa shape index (κ2) is 5.75. The average Bonchev–Trinajstić information content (AvgIpc) is 2.86. The maximum absolute atomic E-state index is 11.0. The van der Waals surface area contributed by atoms with Crippen molar-refractivity contribution in [3.05, 3.63) is 51.2 Å². The van der Waals surface area contributed by atoms with Gasteiger partial charge in [-0.1, -0.05) is 0 Å². The van der Waals surface area contributed by atoms with Crippen molar-refractivity contribution in [1.29, 1.82) is 0 Å². The first-order valence-electron chi connectivity index (χ1n) is 5.92. The Balaban J connectivity index is 2.06. The van der Waals surface area contributed by atoms with Crippen LogP contribution in [0.25, 0.3) is 0 Å². The van der Waals surface area contributed by atoms with Crippen molar-refractivity contribution in [2.75, 3.05) is 5.32 Å². The number of nitrogens with one attached hydrogen (secondary N) is 1. The number of hydrogen-bond acceptors (Lipinski definition) is 4. The molecule has 0 aliphatic rings. The second-order valence-electron chi connectivity index (χ2n) is 4.35. The molecule has 0 spiro atoms. The number of hydrogen-bond donors (Lipinski definition) is 3. The van der Waals surface area contributed by atoms with Crippen molar-refractivity contribution in [2.24, 2.45) is 5.73 Å². The SMILES string of the molecule is Cc1cc(C(=O)O)ccc1NCc1cc(C(N)=O)cs1. The number of nitrogens with two attached hydrogens (primary N) is 1. The first kappa shape index (κ1) is 14.1. The van der Waals surface area contributed by atoms with Crippen molar-refractivity contribution in [2.45, 2.75) is 13.5 Å². The normalized spacial score (nSPS) is 10.2. The zero-order valence-electron chi connectivity index (χ0n) is 10.8. The summed E-state index contributed by atoms with van der Waals surface area (Å²) >= 11 is 1.45. The third-order valence-electron chi connectivity index (χ3n) is 2.86. The van der Waals surface area contributed by atoms with Crippen LogP contribution >= 0.6 is 11.3 Å². The Hall–Kier alpha value is -2.34. The molecule has 0 bridgehead atoms. The predicted octanol–water partition coefficient (Wildman–Crippen LogP) is 2.47. The fourth-order valence-electron chi connectivity index (χ4n) is 1.78. The van der Waals surface area contributed by atoms with Crippen LogP contribution in [-0.2, 0) is 6.54 Å². The molecule has 1 heterocycles. The minimum absolute atomic E-state index is 0.264. The topological polar surface area (TPSA) is 92.4 Å². The Kier molecular flexibility index (Phi) is 4.05. The van der Waals surface area contributed by atoms with Crippen molar-refractivity contribution in [3.8, 4) is 0 Å². The largest absolute Gasteiger partial charge is 0.478 e. The third-order valence-corrected chi connectivity index (χ3v) is 3.80. The molecule has 0 atom stereocenters. The second-order valence-corrected chi connectivity index (χ2v) is 5.35. The summed E-state index contributed by atoms with van der Waals surface area (Å²) in [5, 5.41) is 13.8. The number of amides is 1. The third kappa shape index (κ3) is 3.16. The Bertz CT molecular complexity index is 664. The van der Waals surface area contributed by atoms with Gasteiger partial charge < -0.3 is 16.2 Å². The van der Waals surface area contributed by atoms with E-state index >= 15 is 0 Å². The van der Waals surface area contributed by atoms with Gasteiger partial charge in [-0.2, -0.15) is 0 Å². The van der Waals surface area contributed by atoms with E-state index < -0.39 is 11.9 Å². The lowest BCUT2D eigenvalue weighted by molar-refractivity contribution is 0.0696.